The van der Waals surface area contributed by atoms with Crippen molar-refractivity contribution in [3.05, 3.63) is 53.4 Å². The molecule has 0 saturated carbocycles. The summed E-state index contributed by atoms with van der Waals surface area (Å²) in [6, 6.07) is 8.95. The number of esters is 1. The van der Waals surface area contributed by atoms with Gasteiger partial charge >= 0.3 is 5.97 Å². The van der Waals surface area contributed by atoms with Crippen molar-refractivity contribution >= 4 is 17.6 Å². The Kier molecular flexibility index (Phi) is 5.00. The van der Waals surface area contributed by atoms with Gasteiger partial charge in [-0.05, 0) is 38.1 Å². The predicted molar refractivity (Wildman–Crippen MR) is 79.6 cm³/mol. The van der Waals surface area contributed by atoms with E-state index in [0.717, 1.165) is 5.69 Å². The number of rotatable bonds is 5. The summed E-state index contributed by atoms with van der Waals surface area (Å²) in [7, 11) is 0. The molecule has 2 rings (SSSR count). The highest BCUT2D eigenvalue weighted by Gasteiger charge is 2.06. The second kappa shape index (κ2) is 6.95. The summed E-state index contributed by atoms with van der Waals surface area (Å²) in [5.74, 6) is -0.0248. The highest BCUT2D eigenvalue weighted by molar-refractivity contribution is 6.30. The van der Waals surface area contributed by atoms with Crippen LogP contribution in [-0.4, -0.2) is 22.4 Å². The standard InChI is InChI=1S/C15H15ClN2O3/c1-3-20-15(19)11(2)10-21-14-8-9-18(17-14)13-6-4-12(16)5-7-13/h4-10H,3H2,1-2H3/b11-10+. The molecule has 2 aromatic rings. The van der Waals surface area contributed by atoms with Gasteiger partial charge in [-0.15, -0.1) is 5.10 Å². The summed E-state index contributed by atoms with van der Waals surface area (Å²) >= 11 is 5.84. The van der Waals surface area contributed by atoms with Crippen molar-refractivity contribution in [2.75, 3.05) is 6.61 Å². The van der Waals surface area contributed by atoms with Crippen LogP contribution in [0.1, 0.15) is 13.8 Å². The lowest BCUT2D eigenvalue weighted by atomic mass is 10.3. The predicted octanol–water partition coefficient (Wildman–Crippen LogP) is 3.37. The highest BCUT2D eigenvalue weighted by atomic mass is 35.5. The molecule has 0 saturated heterocycles. The van der Waals surface area contributed by atoms with Crippen LogP contribution < -0.4 is 4.74 Å². The molecule has 0 radical (unpaired) electrons. The number of halogens is 1. The van der Waals surface area contributed by atoms with Gasteiger partial charge in [0.25, 0.3) is 0 Å². The Hall–Kier alpha value is -2.27. The molecule has 0 aliphatic heterocycles. The summed E-state index contributed by atoms with van der Waals surface area (Å²) in [5.41, 5.74) is 1.23. The Labute approximate surface area is 127 Å². The van der Waals surface area contributed by atoms with Gasteiger partial charge in [-0.1, -0.05) is 11.6 Å². The van der Waals surface area contributed by atoms with Crippen LogP contribution in [0.15, 0.2) is 48.4 Å². The molecule has 0 aliphatic rings. The lowest BCUT2D eigenvalue weighted by Gasteiger charge is -2.02. The van der Waals surface area contributed by atoms with E-state index in [2.05, 4.69) is 5.10 Å². The number of hydrogen-bond donors (Lipinski definition) is 0. The van der Waals surface area contributed by atoms with Gasteiger partial charge in [0.1, 0.15) is 6.26 Å². The van der Waals surface area contributed by atoms with E-state index in [9.17, 15) is 4.79 Å². The zero-order valence-electron chi connectivity index (χ0n) is 11.7. The van der Waals surface area contributed by atoms with E-state index < -0.39 is 5.97 Å². The van der Waals surface area contributed by atoms with Gasteiger partial charge in [0.15, 0.2) is 0 Å². The smallest absolute Gasteiger partial charge is 0.336 e. The van der Waals surface area contributed by atoms with Crippen molar-refractivity contribution in [1.29, 1.82) is 0 Å². The van der Waals surface area contributed by atoms with Crippen molar-refractivity contribution < 1.29 is 14.3 Å². The van der Waals surface area contributed by atoms with Crippen molar-refractivity contribution in [2.45, 2.75) is 13.8 Å². The van der Waals surface area contributed by atoms with Gasteiger partial charge in [0, 0.05) is 17.3 Å². The first-order chi connectivity index (χ1) is 10.1. The van der Waals surface area contributed by atoms with Gasteiger partial charge < -0.3 is 9.47 Å². The average molecular weight is 307 g/mol. The zero-order chi connectivity index (χ0) is 15.2. The second-order valence-corrected chi connectivity index (χ2v) is 4.65. The zero-order valence-corrected chi connectivity index (χ0v) is 12.5. The number of benzene rings is 1. The van der Waals surface area contributed by atoms with E-state index in [0.29, 0.717) is 23.1 Å². The maximum Gasteiger partial charge on any atom is 0.336 e. The quantitative estimate of drug-likeness (QED) is 0.483. The number of aromatic nitrogens is 2. The lowest BCUT2D eigenvalue weighted by molar-refractivity contribution is -0.138. The molecule has 0 bridgehead atoms. The number of nitrogens with zero attached hydrogens (tertiary/aromatic N) is 2. The van der Waals surface area contributed by atoms with Crippen LogP contribution in [-0.2, 0) is 9.53 Å². The lowest BCUT2D eigenvalue weighted by Crippen LogP contribution is -2.06. The van der Waals surface area contributed by atoms with Gasteiger partial charge in [0.2, 0.25) is 5.88 Å². The first-order valence-electron chi connectivity index (χ1n) is 6.42. The molecule has 21 heavy (non-hydrogen) atoms. The molecule has 0 amide bonds. The molecule has 0 aliphatic carbocycles. The average Bonchev–Trinajstić information content (AvgIpc) is 2.94. The largest absolute Gasteiger partial charge is 0.463 e. The minimum atomic E-state index is -0.408. The van der Waals surface area contributed by atoms with Crippen LogP contribution in [0.3, 0.4) is 0 Å². The van der Waals surface area contributed by atoms with Gasteiger partial charge in [-0.25, -0.2) is 9.48 Å². The van der Waals surface area contributed by atoms with Crippen LogP contribution in [0.4, 0.5) is 0 Å². The Morgan fingerprint density at radius 3 is 2.71 bits per heavy atom. The summed E-state index contributed by atoms with van der Waals surface area (Å²) in [4.78, 5) is 11.4. The topological polar surface area (TPSA) is 53.4 Å². The molecule has 5 nitrogen and oxygen atoms in total. The number of carbonyl (C=O) groups is 1. The van der Waals surface area contributed by atoms with E-state index >= 15 is 0 Å². The SMILES string of the molecule is CCOC(=O)/C(C)=C/Oc1ccn(-c2ccc(Cl)cc2)n1. The first-order valence-corrected chi connectivity index (χ1v) is 6.80. The second-order valence-electron chi connectivity index (χ2n) is 4.21. The molecule has 6 heteroatoms. The summed E-state index contributed by atoms with van der Waals surface area (Å²) in [5, 5.41) is 4.90. The van der Waals surface area contributed by atoms with E-state index in [-0.39, 0.29) is 0 Å². The normalized spacial score (nSPS) is 11.3. The summed E-state index contributed by atoms with van der Waals surface area (Å²) in [6.45, 7) is 3.70. The minimum absolute atomic E-state index is 0.329. The maximum atomic E-state index is 11.4. The van der Waals surface area contributed by atoms with Crippen LogP contribution in [0.5, 0.6) is 5.88 Å². The van der Waals surface area contributed by atoms with Gasteiger partial charge in [-0.3, -0.25) is 0 Å². The van der Waals surface area contributed by atoms with Crippen LogP contribution >= 0.6 is 11.6 Å². The Balaban J connectivity index is 2.05. The molecular weight excluding hydrogens is 292 g/mol. The Morgan fingerprint density at radius 2 is 2.05 bits per heavy atom. The molecule has 0 spiro atoms. The van der Waals surface area contributed by atoms with Crippen LogP contribution in [0.2, 0.25) is 5.02 Å². The summed E-state index contributed by atoms with van der Waals surface area (Å²) < 4.78 is 11.8. The Morgan fingerprint density at radius 1 is 1.33 bits per heavy atom. The molecule has 0 N–H and O–H groups in total. The molecule has 0 atom stereocenters. The van der Waals surface area contributed by atoms with Crippen molar-refractivity contribution in [3.8, 4) is 11.6 Å². The Bertz CT molecular complexity index is 647. The fourth-order valence-corrected chi connectivity index (χ4v) is 1.68. The fraction of sp³-hybridized carbons (Fsp3) is 0.200. The molecule has 0 unspecified atom stereocenters. The molecule has 1 aromatic heterocycles. The van der Waals surface area contributed by atoms with Crippen LogP contribution in [0, 0.1) is 0 Å². The van der Waals surface area contributed by atoms with Crippen molar-refractivity contribution in [1.82, 2.24) is 9.78 Å². The van der Waals surface area contributed by atoms with Crippen molar-refractivity contribution in [3.63, 3.8) is 0 Å². The van der Waals surface area contributed by atoms with Crippen LogP contribution in [0.25, 0.3) is 5.69 Å². The molecule has 0 fully saturated rings. The van der Waals surface area contributed by atoms with Gasteiger partial charge in [-0.2, -0.15) is 0 Å². The number of ether oxygens (including phenoxy) is 2. The van der Waals surface area contributed by atoms with Crippen molar-refractivity contribution in [2.24, 2.45) is 0 Å². The highest BCUT2D eigenvalue weighted by Crippen LogP contribution is 2.15. The third-order valence-corrected chi connectivity index (χ3v) is 2.86. The number of carbonyl (C=O) groups excluding carboxylic acids is 1. The summed E-state index contributed by atoms with van der Waals surface area (Å²) in [6.07, 6.45) is 3.08. The fourth-order valence-electron chi connectivity index (χ4n) is 1.55. The molecule has 1 aromatic carbocycles. The molecular formula is C15H15ClN2O3. The van der Waals surface area contributed by atoms with E-state index in [1.165, 1.54) is 6.26 Å². The number of hydrogen-bond acceptors (Lipinski definition) is 4. The molecule has 110 valence electrons. The first kappa shape index (κ1) is 15.1. The minimum Gasteiger partial charge on any atom is -0.463 e. The monoisotopic (exact) mass is 306 g/mol. The maximum absolute atomic E-state index is 11.4. The van der Waals surface area contributed by atoms with Gasteiger partial charge in [0.05, 0.1) is 17.9 Å². The van der Waals surface area contributed by atoms with E-state index in [4.69, 9.17) is 21.1 Å². The third-order valence-electron chi connectivity index (χ3n) is 2.61. The molecule has 1 heterocycles. The third kappa shape index (κ3) is 4.10. The van der Waals surface area contributed by atoms with E-state index in [1.807, 2.05) is 12.1 Å². The van der Waals surface area contributed by atoms with E-state index in [1.54, 1.807) is 42.9 Å².